The minimum atomic E-state index is -0.334. The maximum atomic E-state index is 13.5. The molecule has 0 bridgehead atoms. The molecule has 2 rings (SSSR count). The summed E-state index contributed by atoms with van der Waals surface area (Å²) >= 11 is 0. The Bertz CT molecular complexity index is 708. The summed E-state index contributed by atoms with van der Waals surface area (Å²) in [5.74, 6) is -0.0433. The lowest BCUT2D eigenvalue weighted by Gasteiger charge is -2.20. The van der Waals surface area contributed by atoms with Crippen LogP contribution >= 0.6 is 0 Å². The van der Waals surface area contributed by atoms with Crippen LogP contribution in [0.1, 0.15) is 43.4 Å². The Morgan fingerprint density at radius 3 is 2.30 bits per heavy atom. The first-order valence-corrected chi connectivity index (χ1v) is 7.67. The molecule has 0 aromatic heterocycles. The fourth-order valence-electron chi connectivity index (χ4n) is 2.58. The second-order valence-electron chi connectivity index (χ2n) is 6.71. The Labute approximate surface area is 137 Å². The van der Waals surface area contributed by atoms with Crippen molar-refractivity contribution in [3.05, 3.63) is 65.0 Å². The largest absolute Gasteiger partial charge is 0.496 e. The van der Waals surface area contributed by atoms with Crippen molar-refractivity contribution in [2.45, 2.75) is 38.5 Å². The van der Waals surface area contributed by atoms with Gasteiger partial charge in [0.25, 0.3) is 0 Å². The zero-order valence-electron chi connectivity index (χ0n) is 14.1. The third kappa shape index (κ3) is 4.10. The maximum Gasteiger partial charge on any atom is 0.123 e. The van der Waals surface area contributed by atoms with Crippen molar-refractivity contribution in [1.29, 1.82) is 5.26 Å². The Morgan fingerprint density at radius 1 is 1.13 bits per heavy atom. The highest BCUT2D eigenvalue weighted by Gasteiger charge is 2.17. The highest BCUT2D eigenvalue weighted by atomic mass is 19.1. The van der Waals surface area contributed by atoms with E-state index < -0.39 is 0 Å². The van der Waals surface area contributed by atoms with E-state index in [0.29, 0.717) is 17.7 Å². The molecule has 2 aromatic rings. The van der Waals surface area contributed by atoms with Crippen LogP contribution in [0.2, 0.25) is 0 Å². The molecule has 0 aliphatic rings. The van der Waals surface area contributed by atoms with Gasteiger partial charge in [0.05, 0.1) is 19.1 Å². The maximum absolute atomic E-state index is 13.5. The van der Waals surface area contributed by atoms with Crippen molar-refractivity contribution in [3.63, 3.8) is 0 Å². The highest BCUT2D eigenvalue weighted by Crippen LogP contribution is 2.29. The third-order valence-electron chi connectivity index (χ3n) is 4.00. The Morgan fingerprint density at radius 2 is 1.78 bits per heavy atom. The lowest BCUT2D eigenvalue weighted by atomic mass is 9.85. The molecule has 0 N–H and O–H groups in total. The first-order chi connectivity index (χ1) is 10.8. The summed E-state index contributed by atoms with van der Waals surface area (Å²) in [7, 11) is 1.55. The van der Waals surface area contributed by atoms with Crippen LogP contribution in [-0.4, -0.2) is 7.11 Å². The molecule has 0 saturated heterocycles. The molecule has 0 radical (unpaired) electrons. The Balaban J connectivity index is 2.28. The van der Waals surface area contributed by atoms with Gasteiger partial charge in [-0.2, -0.15) is 5.26 Å². The second-order valence-corrected chi connectivity index (χ2v) is 6.71. The van der Waals surface area contributed by atoms with Gasteiger partial charge in [0.2, 0.25) is 0 Å². The molecule has 0 heterocycles. The van der Waals surface area contributed by atoms with Gasteiger partial charge >= 0.3 is 0 Å². The van der Waals surface area contributed by atoms with Crippen LogP contribution in [0.25, 0.3) is 0 Å². The number of nitriles is 1. The molecular formula is C20H22FNO. The van der Waals surface area contributed by atoms with E-state index in [0.717, 1.165) is 5.56 Å². The van der Waals surface area contributed by atoms with Gasteiger partial charge in [-0.1, -0.05) is 45.0 Å². The lowest BCUT2D eigenvalue weighted by Crippen LogP contribution is -2.11. The molecule has 23 heavy (non-hydrogen) atoms. The van der Waals surface area contributed by atoms with Gasteiger partial charge in [0.1, 0.15) is 11.6 Å². The number of ether oxygens (including phenoxy) is 1. The van der Waals surface area contributed by atoms with E-state index in [2.05, 4.69) is 39.0 Å². The van der Waals surface area contributed by atoms with Crippen LogP contribution in [0.5, 0.6) is 5.75 Å². The number of benzene rings is 2. The molecule has 1 unspecified atom stereocenters. The number of halogens is 1. The third-order valence-corrected chi connectivity index (χ3v) is 4.00. The molecule has 0 amide bonds. The molecule has 0 aliphatic carbocycles. The van der Waals surface area contributed by atoms with Crippen molar-refractivity contribution >= 4 is 0 Å². The highest BCUT2D eigenvalue weighted by molar-refractivity contribution is 5.38. The van der Waals surface area contributed by atoms with E-state index in [-0.39, 0.29) is 17.2 Å². The van der Waals surface area contributed by atoms with Gasteiger partial charge in [-0.15, -0.1) is 0 Å². The predicted octanol–water partition coefficient (Wildman–Crippen LogP) is 4.98. The first-order valence-electron chi connectivity index (χ1n) is 7.67. The zero-order valence-corrected chi connectivity index (χ0v) is 14.1. The molecule has 0 fully saturated rings. The summed E-state index contributed by atoms with van der Waals surface area (Å²) in [5, 5.41) is 9.52. The molecule has 120 valence electrons. The summed E-state index contributed by atoms with van der Waals surface area (Å²) in [6.07, 6.45) is 0.423. The Hall–Kier alpha value is -2.34. The van der Waals surface area contributed by atoms with Crippen LogP contribution in [0.4, 0.5) is 4.39 Å². The summed E-state index contributed by atoms with van der Waals surface area (Å²) < 4.78 is 18.8. The minimum absolute atomic E-state index is 0.0758. The van der Waals surface area contributed by atoms with Crippen LogP contribution in [-0.2, 0) is 11.8 Å². The van der Waals surface area contributed by atoms with E-state index in [1.54, 1.807) is 13.2 Å². The van der Waals surface area contributed by atoms with E-state index in [4.69, 9.17) is 4.74 Å². The quantitative estimate of drug-likeness (QED) is 0.797. The average molecular weight is 311 g/mol. The van der Waals surface area contributed by atoms with Crippen molar-refractivity contribution in [1.82, 2.24) is 0 Å². The van der Waals surface area contributed by atoms with Gasteiger partial charge in [-0.25, -0.2) is 4.39 Å². The van der Waals surface area contributed by atoms with Crippen molar-refractivity contribution in [3.8, 4) is 11.8 Å². The van der Waals surface area contributed by atoms with Crippen LogP contribution in [0, 0.1) is 17.1 Å². The number of nitrogens with zero attached hydrogens (tertiary/aromatic N) is 1. The molecule has 3 heteroatoms. The molecule has 0 saturated carbocycles. The lowest BCUT2D eigenvalue weighted by molar-refractivity contribution is 0.407. The van der Waals surface area contributed by atoms with Crippen LogP contribution in [0.15, 0.2) is 42.5 Å². The van der Waals surface area contributed by atoms with E-state index in [9.17, 15) is 9.65 Å². The van der Waals surface area contributed by atoms with Gasteiger partial charge in [-0.3, -0.25) is 0 Å². The summed E-state index contributed by atoms with van der Waals surface area (Å²) in [4.78, 5) is 0. The number of hydrogen-bond donors (Lipinski definition) is 0. The standard InChI is InChI=1S/C20H22FNO/c1-20(2,3)17-7-5-14(6-8-17)16(13-22)11-15-12-18(21)9-10-19(15)23-4/h5-10,12,16H,11H2,1-4H3. The van der Waals surface area contributed by atoms with Crippen LogP contribution in [0.3, 0.4) is 0 Å². The van der Waals surface area contributed by atoms with Gasteiger partial charge in [-0.05, 0) is 46.7 Å². The van der Waals surface area contributed by atoms with Crippen LogP contribution < -0.4 is 4.74 Å². The van der Waals surface area contributed by atoms with Crippen molar-refractivity contribution in [2.75, 3.05) is 7.11 Å². The molecule has 2 nitrogen and oxygen atoms in total. The zero-order chi connectivity index (χ0) is 17.0. The fraction of sp³-hybridized carbons (Fsp3) is 0.350. The van der Waals surface area contributed by atoms with Gasteiger partial charge in [0, 0.05) is 0 Å². The molecule has 2 aromatic carbocycles. The summed E-state index contributed by atoms with van der Waals surface area (Å²) in [6, 6.07) is 14.8. The fourth-order valence-corrected chi connectivity index (χ4v) is 2.58. The molecular weight excluding hydrogens is 289 g/mol. The van der Waals surface area contributed by atoms with Gasteiger partial charge in [0.15, 0.2) is 0 Å². The SMILES string of the molecule is COc1ccc(F)cc1CC(C#N)c1ccc(C(C)(C)C)cc1. The Kier molecular flexibility index (Phi) is 5.05. The smallest absolute Gasteiger partial charge is 0.123 e. The average Bonchev–Trinajstić information content (AvgIpc) is 2.52. The summed E-state index contributed by atoms with van der Waals surface area (Å²) in [6.45, 7) is 6.46. The number of hydrogen-bond acceptors (Lipinski definition) is 2. The minimum Gasteiger partial charge on any atom is -0.496 e. The molecule has 0 spiro atoms. The number of rotatable bonds is 4. The normalized spacial score (nSPS) is 12.5. The molecule has 0 aliphatic heterocycles. The van der Waals surface area contributed by atoms with E-state index in [1.165, 1.54) is 17.7 Å². The first kappa shape index (κ1) is 17.0. The van der Waals surface area contributed by atoms with Gasteiger partial charge < -0.3 is 4.74 Å². The van der Waals surface area contributed by atoms with Crippen molar-refractivity contribution in [2.24, 2.45) is 0 Å². The van der Waals surface area contributed by atoms with E-state index >= 15 is 0 Å². The second kappa shape index (κ2) is 6.83. The predicted molar refractivity (Wildman–Crippen MR) is 90.2 cm³/mol. The monoisotopic (exact) mass is 311 g/mol. The molecule has 1 atom stereocenters. The van der Waals surface area contributed by atoms with E-state index in [1.807, 2.05) is 12.1 Å². The summed E-state index contributed by atoms with van der Waals surface area (Å²) in [5.41, 5.74) is 2.94. The van der Waals surface area contributed by atoms with Crippen molar-refractivity contribution < 1.29 is 9.13 Å². The topological polar surface area (TPSA) is 33.0 Å². The number of methoxy groups -OCH3 is 1.